The van der Waals surface area contributed by atoms with Crippen molar-refractivity contribution in [2.75, 3.05) is 58.9 Å². The largest absolute Gasteiger partial charge is 0.480 e. The molecular formula is C36H54N4O11. The molecule has 15 heteroatoms. The van der Waals surface area contributed by atoms with Crippen molar-refractivity contribution in [2.24, 2.45) is 5.92 Å². The molecule has 2 aliphatic carbocycles. The van der Waals surface area contributed by atoms with E-state index >= 15 is 0 Å². The number of amides is 1. The van der Waals surface area contributed by atoms with Crippen LogP contribution in [0.5, 0.6) is 0 Å². The Bertz CT molecular complexity index is 1260. The number of carbonyl (C=O) groups is 5. The zero-order valence-corrected chi connectivity index (χ0v) is 29.4. The molecule has 2 bridgehead atoms. The fraction of sp³-hybridized carbons (Fsp3) is 0.694. The van der Waals surface area contributed by atoms with Gasteiger partial charge >= 0.3 is 23.9 Å². The minimum atomic E-state index is -1.21. The first-order valence-corrected chi connectivity index (χ1v) is 18.2. The maximum atomic E-state index is 13.1. The number of nitrogens with zero attached hydrogens (tertiary/aromatic N) is 3. The van der Waals surface area contributed by atoms with Crippen molar-refractivity contribution in [3.8, 4) is 0 Å². The van der Waals surface area contributed by atoms with Crippen LogP contribution in [0.2, 0.25) is 0 Å². The summed E-state index contributed by atoms with van der Waals surface area (Å²) in [6.07, 6.45) is 12.8. The molecule has 4 atom stereocenters. The summed E-state index contributed by atoms with van der Waals surface area (Å²) in [5.74, 6) is -4.74. The highest BCUT2D eigenvalue weighted by Crippen LogP contribution is 2.55. The van der Waals surface area contributed by atoms with E-state index < -0.39 is 56.3 Å². The van der Waals surface area contributed by atoms with Gasteiger partial charge in [0.2, 0.25) is 5.91 Å². The Labute approximate surface area is 298 Å². The van der Waals surface area contributed by atoms with Crippen molar-refractivity contribution in [2.45, 2.75) is 95.2 Å². The van der Waals surface area contributed by atoms with E-state index in [0.717, 1.165) is 36.8 Å². The molecule has 51 heavy (non-hydrogen) atoms. The number of ether oxygens (including phenoxy) is 2. The molecule has 2 saturated carbocycles. The van der Waals surface area contributed by atoms with E-state index in [0.29, 0.717) is 5.92 Å². The van der Waals surface area contributed by atoms with Crippen molar-refractivity contribution in [3.05, 3.63) is 35.4 Å². The number of nitrogens with one attached hydrogen (secondary N) is 1. The minimum Gasteiger partial charge on any atom is -0.480 e. The van der Waals surface area contributed by atoms with Crippen molar-refractivity contribution in [3.63, 3.8) is 0 Å². The van der Waals surface area contributed by atoms with Gasteiger partial charge in [0, 0.05) is 44.2 Å². The smallest absolute Gasteiger partial charge is 0.317 e. The van der Waals surface area contributed by atoms with E-state index in [9.17, 15) is 44.4 Å². The lowest BCUT2D eigenvalue weighted by Gasteiger charge is -2.58. The van der Waals surface area contributed by atoms with E-state index in [-0.39, 0.29) is 56.9 Å². The Morgan fingerprint density at radius 3 is 1.67 bits per heavy atom. The van der Waals surface area contributed by atoms with Crippen LogP contribution in [0.4, 0.5) is 0 Å². The monoisotopic (exact) mass is 718 g/mol. The first-order valence-electron chi connectivity index (χ1n) is 18.2. The number of carboxylic acids is 4. The van der Waals surface area contributed by atoms with Gasteiger partial charge < -0.3 is 35.2 Å². The summed E-state index contributed by atoms with van der Waals surface area (Å²) in [6.45, 7) is -1.85. The summed E-state index contributed by atoms with van der Waals surface area (Å²) in [6, 6.07) is 7.81. The molecule has 1 amide bonds. The summed E-state index contributed by atoms with van der Waals surface area (Å²) >= 11 is 0. The number of rotatable bonds is 19. The van der Waals surface area contributed by atoms with Gasteiger partial charge in [-0.25, -0.2) is 0 Å². The van der Waals surface area contributed by atoms with Crippen LogP contribution >= 0.6 is 0 Å². The first-order chi connectivity index (χ1) is 24.4. The van der Waals surface area contributed by atoms with Crippen molar-refractivity contribution >= 4 is 29.8 Å². The number of aliphatic carboxylic acids is 4. The molecule has 0 spiro atoms. The fourth-order valence-electron chi connectivity index (χ4n) is 7.52. The van der Waals surface area contributed by atoms with Crippen LogP contribution in [0.25, 0.3) is 0 Å². The number of hydrogen-bond donors (Lipinski definition) is 5. The summed E-state index contributed by atoms with van der Waals surface area (Å²) in [7, 11) is 0. The lowest BCUT2D eigenvalue weighted by atomic mass is 9.62. The highest BCUT2D eigenvalue weighted by Gasteiger charge is 2.56. The zero-order valence-electron chi connectivity index (χ0n) is 29.4. The predicted molar refractivity (Wildman–Crippen MR) is 184 cm³/mol. The summed E-state index contributed by atoms with van der Waals surface area (Å²) in [4.78, 5) is 62.2. The molecule has 1 heterocycles. The van der Waals surface area contributed by atoms with Crippen LogP contribution in [0, 0.1) is 5.92 Å². The summed E-state index contributed by atoms with van der Waals surface area (Å²) in [5.41, 5.74) is 1.69. The standard InChI is InChI=1S/C36H54N4O11/c41-30(21-38(16-18-39(22-31(42)43)23-32(44)45)17-19-40(24-33(46)47)25-34(48)49)37-20-26-9-11-27(12-10-26)35-50-29-8-6-4-2-1-3-5-7-14-36(51-35)15-13-28(29)36/h9-12,28-29,35H,1-8,13-25H2,(H,37,41)(H,42,43)(H,44,45)(H,46,47)(H,48,49). The molecule has 4 unspecified atom stereocenters. The van der Waals surface area contributed by atoms with Gasteiger partial charge in [0.1, 0.15) is 0 Å². The molecule has 0 aromatic heterocycles. The SMILES string of the molecule is O=C(O)CN(CCN(CCN(CC(=O)O)CC(=O)O)CC(=O)NCc1ccc(C2OC3CCCCCCCCCC4(CCC34)O2)cc1)CC(=O)O. The average molecular weight is 719 g/mol. The lowest BCUT2D eigenvalue weighted by Crippen LogP contribution is -2.59. The molecule has 3 aliphatic rings. The van der Waals surface area contributed by atoms with Gasteiger partial charge in [-0.2, -0.15) is 0 Å². The van der Waals surface area contributed by atoms with E-state index in [2.05, 4.69) is 5.32 Å². The maximum Gasteiger partial charge on any atom is 0.317 e. The Kier molecular flexibility index (Phi) is 15.6. The highest BCUT2D eigenvalue weighted by atomic mass is 16.7. The van der Waals surface area contributed by atoms with E-state index in [4.69, 9.17) is 9.47 Å². The summed E-state index contributed by atoms with van der Waals surface area (Å²) in [5, 5.41) is 39.7. The molecule has 3 fully saturated rings. The molecule has 1 aliphatic heterocycles. The van der Waals surface area contributed by atoms with Gasteiger partial charge in [-0.1, -0.05) is 69.2 Å². The van der Waals surface area contributed by atoms with Crippen molar-refractivity contribution in [1.82, 2.24) is 20.0 Å². The van der Waals surface area contributed by atoms with Crippen LogP contribution < -0.4 is 5.32 Å². The maximum absolute atomic E-state index is 13.1. The van der Waals surface area contributed by atoms with Gasteiger partial charge in [0.05, 0.1) is 44.4 Å². The molecule has 1 aromatic carbocycles. The minimum absolute atomic E-state index is 0.000594. The molecule has 284 valence electrons. The molecule has 1 aromatic rings. The Hall–Kier alpha value is -3.63. The van der Waals surface area contributed by atoms with E-state index in [1.54, 1.807) is 4.90 Å². The molecule has 1 saturated heterocycles. The third-order valence-corrected chi connectivity index (χ3v) is 10.2. The van der Waals surface area contributed by atoms with Crippen LogP contribution in [-0.4, -0.2) is 136 Å². The van der Waals surface area contributed by atoms with Gasteiger partial charge in [-0.15, -0.1) is 0 Å². The topological polar surface area (TPSA) is 206 Å². The molecule has 4 rings (SSSR count). The quantitative estimate of drug-likeness (QED) is 0.140. The van der Waals surface area contributed by atoms with Gasteiger partial charge in [-0.05, 0) is 31.2 Å². The van der Waals surface area contributed by atoms with Crippen LogP contribution in [0.1, 0.15) is 88.0 Å². The Morgan fingerprint density at radius 2 is 1.16 bits per heavy atom. The second-order valence-electron chi connectivity index (χ2n) is 14.1. The third kappa shape index (κ3) is 13.1. The number of carboxylic acid groups (broad SMARTS) is 4. The van der Waals surface area contributed by atoms with Crippen LogP contribution in [0.15, 0.2) is 24.3 Å². The van der Waals surface area contributed by atoms with Crippen molar-refractivity contribution in [1.29, 1.82) is 0 Å². The van der Waals surface area contributed by atoms with Gasteiger partial charge in [-0.3, -0.25) is 38.7 Å². The van der Waals surface area contributed by atoms with Crippen LogP contribution in [0.3, 0.4) is 0 Å². The number of carbonyl (C=O) groups excluding carboxylic acids is 1. The first kappa shape index (κ1) is 40.1. The molecule has 0 radical (unpaired) electrons. The normalized spacial score (nSPS) is 23.8. The predicted octanol–water partition coefficient (Wildman–Crippen LogP) is 2.63. The van der Waals surface area contributed by atoms with Crippen LogP contribution in [-0.2, 0) is 40.0 Å². The number of benzene rings is 1. The summed E-state index contributed by atoms with van der Waals surface area (Å²) < 4.78 is 13.3. The lowest BCUT2D eigenvalue weighted by molar-refractivity contribution is -0.349. The third-order valence-electron chi connectivity index (χ3n) is 10.2. The highest BCUT2D eigenvalue weighted by molar-refractivity contribution is 5.78. The molecule has 15 nitrogen and oxygen atoms in total. The molecular weight excluding hydrogens is 664 g/mol. The molecule has 5 N–H and O–H groups in total. The van der Waals surface area contributed by atoms with Crippen molar-refractivity contribution < 1.29 is 53.9 Å². The average Bonchev–Trinajstić information content (AvgIpc) is 3.04. The van der Waals surface area contributed by atoms with Gasteiger partial charge in [0.25, 0.3) is 0 Å². The second-order valence-corrected chi connectivity index (χ2v) is 14.1. The fourth-order valence-corrected chi connectivity index (χ4v) is 7.52. The zero-order chi connectivity index (χ0) is 36.8. The Morgan fingerprint density at radius 1 is 0.647 bits per heavy atom. The number of hydrogen-bond acceptors (Lipinski definition) is 10. The van der Waals surface area contributed by atoms with E-state index in [1.165, 1.54) is 54.7 Å². The van der Waals surface area contributed by atoms with Gasteiger partial charge in [0.15, 0.2) is 6.29 Å². The Balaban J connectivity index is 1.35. The van der Waals surface area contributed by atoms with E-state index in [1.807, 2.05) is 24.3 Å². The second kappa shape index (κ2) is 19.8.